The molecule has 0 spiro atoms. The van der Waals surface area contributed by atoms with Gasteiger partial charge < -0.3 is 10.1 Å². The van der Waals surface area contributed by atoms with Gasteiger partial charge in [0.2, 0.25) is 5.13 Å². The molecule has 22 heavy (non-hydrogen) atoms. The normalized spacial score (nSPS) is 25.0. The molecule has 1 aromatic heterocycles. The van der Waals surface area contributed by atoms with E-state index in [1.54, 1.807) is 0 Å². The first-order valence-corrected chi connectivity index (χ1v) is 9.04. The number of urea groups is 1. The Labute approximate surface area is 135 Å². The van der Waals surface area contributed by atoms with E-state index < -0.39 is 0 Å². The van der Waals surface area contributed by atoms with Crippen LogP contribution in [0.25, 0.3) is 0 Å². The predicted octanol–water partition coefficient (Wildman–Crippen LogP) is 3.13. The van der Waals surface area contributed by atoms with Gasteiger partial charge in [-0.3, -0.25) is 5.32 Å². The van der Waals surface area contributed by atoms with Crippen LogP contribution in [-0.4, -0.2) is 35.5 Å². The minimum Gasteiger partial charge on any atom is -0.376 e. The van der Waals surface area contributed by atoms with Gasteiger partial charge in [-0.1, -0.05) is 31.1 Å². The summed E-state index contributed by atoms with van der Waals surface area (Å²) in [5.41, 5.74) is 0. The number of ether oxygens (including phenoxy) is 1. The number of nitrogens with zero attached hydrogens (tertiary/aromatic N) is 2. The van der Waals surface area contributed by atoms with Crippen molar-refractivity contribution >= 4 is 22.5 Å². The highest BCUT2D eigenvalue weighted by molar-refractivity contribution is 7.15. The van der Waals surface area contributed by atoms with E-state index >= 15 is 0 Å². The minimum atomic E-state index is -0.237. The zero-order valence-electron chi connectivity index (χ0n) is 13.0. The SMILES string of the molecule is C[C@@H]1CCCC[C@@H]1OCCNC(=O)Nc1nnc(C2CC2)s1. The molecule has 0 aromatic carbocycles. The van der Waals surface area contributed by atoms with Crippen LogP contribution in [0, 0.1) is 5.92 Å². The molecule has 7 heteroatoms. The molecule has 2 saturated carbocycles. The number of rotatable bonds is 6. The summed E-state index contributed by atoms with van der Waals surface area (Å²) in [4.78, 5) is 11.8. The number of nitrogens with one attached hydrogen (secondary N) is 2. The number of carbonyl (C=O) groups excluding carboxylic acids is 1. The van der Waals surface area contributed by atoms with Crippen LogP contribution in [0.4, 0.5) is 9.93 Å². The van der Waals surface area contributed by atoms with Gasteiger partial charge in [0.25, 0.3) is 0 Å². The maximum Gasteiger partial charge on any atom is 0.321 e. The lowest BCUT2D eigenvalue weighted by Gasteiger charge is -2.28. The van der Waals surface area contributed by atoms with Gasteiger partial charge >= 0.3 is 6.03 Å². The number of hydrogen-bond donors (Lipinski definition) is 2. The van der Waals surface area contributed by atoms with E-state index in [-0.39, 0.29) is 6.03 Å². The van der Waals surface area contributed by atoms with E-state index in [4.69, 9.17) is 4.74 Å². The van der Waals surface area contributed by atoms with Crippen LogP contribution in [0.3, 0.4) is 0 Å². The van der Waals surface area contributed by atoms with Crippen molar-refractivity contribution in [2.75, 3.05) is 18.5 Å². The molecule has 0 aliphatic heterocycles. The Morgan fingerprint density at radius 1 is 1.27 bits per heavy atom. The van der Waals surface area contributed by atoms with E-state index in [1.807, 2.05) is 0 Å². The summed E-state index contributed by atoms with van der Waals surface area (Å²) in [6.45, 7) is 3.33. The van der Waals surface area contributed by atoms with Gasteiger partial charge in [0.1, 0.15) is 5.01 Å². The smallest absolute Gasteiger partial charge is 0.321 e. The summed E-state index contributed by atoms with van der Waals surface area (Å²) >= 11 is 1.47. The first kappa shape index (κ1) is 15.7. The highest BCUT2D eigenvalue weighted by atomic mass is 32.1. The summed E-state index contributed by atoms with van der Waals surface area (Å²) in [7, 11) is 0. The lowest BCUT2D eigenvalue weighted by Crippen LogP contribution is -2.34. The molecule has 0 saturated heterocycles. The zero-order valence-corrected chi connectivity index (χ0v) is 13.8. The Morgan fingerprint density at radius 2 is 2.09 bits per heavy atom. The predicted molar refractivity (Wildman–Crippen MR) is 86.3 cm³/mol. The molecule has 6 nitrogen and oxygen atoms in total. The van der Waals surface area contributed by atoms with Crippen molar-refractivity contribution in [1.82, 2.24) is 15.5 Å². The fourth-order valence-electron chi connectivity index (χ4n) is 2.83. The van der Waals surface area contributed by atoms with Gasteiger partial charge in [0.05, 0.1) is 12.7 Å². The molecule has 2 aliphatic carbocycles. The molecule has 1 heterocycles. The number of aromatic nitrogens is 2. The van der Waals surface area contributed by atoms with Crippen LogP contribution in [0.2, 0.25) is 0 Å². The van der Waals surface area contributed by atoms with Crippen LogP contribution in [0.1, 0.15) is 56.4 Å². The van der Waals surface area contributed by atoms with E-state index in [0.717, 1.165) is 11.4 Å². The first-order valence-electron chi connectivity index (χ1n) is 8.22. The number of carbonyl (C=O) groups is 1. The average molecular weight is 324 g/mol. The standard InChI is InChI=1S/C15H24N4O2S/c1-10-4-2-3-5-12(10)21-9-8-16-14(20)17-15-19-18-13(22-15)11-6-7-11/h10-12H,2-9H2,1H3,(H2,16,17,19,20)/t10-,12+/m1/s1. The van der Waals surface area contributed by atoms with Crippen molar-refractivity contribution < 1.29 is 9.53 Å². The second kappa shape index (κ2) is 7.37. The molecule has 0 unspecified atom stereocenters. The molecule has 2 aliphatic rings. The largest absolute Gasteiger partial charge is 0.376 e. The van der Waals surface area contributed by atoms with Crippen molar-refractivity contribution in [3.05, 3.63) is 5.01 Å². The number of hydrogen-bond acceptors (Lipinski definition) is 5. The maximum atomic E-state index is 11.8. The number of amides is 2. The van der Waals surface area contributed by atoms with Gasteiger partial charge in [-0.25, -0.2) is 4.79 Å². The fourth-order valence-corrected chi connectivity index (χ4v) is 3.73. The quantitative estimate of drug-likeness (QED) is 0.788. The molecule has 3 rings (SSSR count). The third kappa shape index (κ3) is 4.39. The van der Waals surface area contributed by atoms with Crippen molar-refractivity contribution in [3.63, 3.8) is 0 Å². The monoisotopic (exact) mass is 324 g/mol. The molecule has 2 atom stereocenters. The minimum absolute atomic E-state index is 0.237. The highest BCUT2D eigenvalue weighted by Gasteiger charge is 2.27. The van der Waals surface area contributed by atoms with Gasteiger partial charge in [-0.15, -0.1) is 10.2 Å². The van der Waals surface area contributed by atoms with Crippen LogP contribution in [0.15, 0.2) is 0 Å². The first-order chi connectivity index (χ1) is 10.7. The Kier molecular flexibility index (Phi) is 5.25. The van der Waals surface area contributed by atoms with E-state index in [2.05, 4.69) is 27.8 Å². The summed E-state index contributed by atoms with van der Waals surface area (Å²) in [5, 5.41) is 15.2. The van der Waals surface area contributed by atoms with Crippen molar-refractivity contribution in [2.24, 2.45) is 5.92 Å². The van der Waals surface area contributed by atoms with Crippen molar-refractivity contribution in [2.45, 2.75) is 57.5 Å². The summed E-state index contributed by atoms with van der Waals surface area (Å²) in [6, 6.07) is -0.237. The maximum absolute atomic E-state index is 11.8. The van der Waals surface area contributed by atoms with Crippen LogP contribution in [0.5, 0.6) is 0 Å². The van der Waals surface area contributed by atoms with E-state index in [9.17, 15) is 4.79 Å². The Hall–Kier alpha value is -1.21. The molecule has 1 aromatic rings. The topological polar surface area (TPSA) is 76.1 Å². The van der Waals surface area contributed by atoms with Gasteiger partial charge in [0, 0.05) is 12.5 Å². The second-order valence-electron chi connectivity index (χ2n) is 6.27. The van der Waals surface area contributed by atoms with Crippen LogP contribution in [-0.2, 0) is 4.74 Å². The summed E-state index contributed by atoms with van der Waals surface area (Å²) in [5.74, 6) is 1.20. The Bertz CT molecular complexity index is 503. The Balaban J connectivity index is 1.31. The zero-order chi connectivity index (χ0) is 15.4. The highest BCUT2D eigenvalue weighted by Crippen LogP contribution is 2.41. The number of anilines is 1. The fraction of sp³-hybridized carbons (Fsp3) is 0.800. The molecule has 2 N–H and O–H groups in total. The van der Waals surface area contributed by atoms with Crippen LogP contribution < -0.4 is 10.6 Å². The van der Waals surface area contributed by atoms with Crippen molar-refractivity contribution in [3.8, 4) is 0 Å². The molecule has 2 amide bonds. The lowest BCUT2D eigenvalue weighted by atomic mass is 9.88. The molecular formula is C15H24N4O2S. The average Bonchev–Trinajstić information content (AvgIpc) is 3.26. The molecule has 0 radical (unpaired) electrons. The third-order valence-electron chi connectivity index (χ3n) is 4.34. The van der Waals surface area contributed by atoms with E-state index in [1.165, 1.54) is 43.4 Å². The lowest BCUT2D eigenvalue weighted by molar-refractivity contribution is -0.00232. The molecular weight excluding hydrogens is 300 g/mol. The molecule has 0 bridgehead atoms. The summed E-state index contributed by atoms with van der Waals surface area (Å²) < 4.78 is 5.87. The second-order valence-corrected chi connectivity index (χ2v) is 7.28. The van der Waals surface area contributed by atoms with Gasteiger partial charge in [-0.05, 0) is 31.6 Å². The van der Waals surface area contributed by atoms with Gasteiger partial charge in [0.15, 0.2) is 0 Å². The molecule has 2 fully saturated rings. The third-order valence-corrected chi connectivity index (χ3v) is 5.34. The van der Waals surface area contributed by atoms with E-state index in [0.29, 0.717) is 36.2 Å². The summed E-state index contributed by atoms with van der Waals surface area (Å²) in [6.07, 6.45) is 7.69. The Morgan fingerprint density at radius 3 is 2.86 bits per heavy atom. The van der Waals surface area contributed by atoms with Gasteiger partial charge in [-0.2, -0.15) is 0 Å². The molecule has 122 valence electrons. The van der Waals surface area contributed by atoms with Crippen LogP contribution >= 0.6 is 11.3 Å². The van der Waals surface area contributed by atoms with Crippen molar-refractivity contribution in [1.29, 1.82) is 0 Å².